The van der Waals surface area contributed by atoms with Crippen molar-refractivity contribution in [3.63, 3.8) is 0 Å². The zero-order valence-electron chi connectivity index (χ0n) is 19.8. The van der Waals surface area contributed by atoms with E-state index < -0.39 is 0 Å². The molecule has 0 spiro atoms. The molecule has 0 aromatic heterocycles. The summed E-state index contributed by atoms with van der Waals surface area (Å²) in [7, 11) is 0. The van der Waals surface area contributed by atoms with Gasteiger partial charge in [0, 0.05) is 28.0 Å². The number of halogens is 2. The summed E-state index contributed by atoms with van der Waals surface area (Å²) in [6.45, 7) is 5.57. The Morgan fingerprint density at radius 1 is 1.03 bits per heavy atom. The van der Waals surface area contributed by atoms with Crippen LogP contribution in [0.4, 0.5) is 5.69 Å². The maximum Gasteiger partial charge on any atom is 0.169 e. The maximum absolute atomic E-state index is 10.1. The molecule has 0 bridgehead atoms. The van der Waals surface area contributed by atoms with Crippen molar-refractivity contribution in [2.24, 2.45) is 10.9 Å². The molecule has 0 fully saturated rings. The standard InChI is InChI=1S/C29H28Cl2N2OS/c1-20-9-11-22(12-10-20)18-33(19-23-6-4-7-27(34)14-23)29(35-28-8-3-5-21(2)13-28)32-26-16-24(30)15-25(31)17-26/h3-9,11-17,20,34H,10,18-19H2,1-2H3. The molecule has 180 valence electrons. The van der Waals surface area contributed by atoms with Crippen molar-refractivity contribution in [1.82, 2.24) is 4.90 Å². The highest BCUT2D eigenvalue weighted by atomic mass is 35.5. The second-order valence-electron chi connectivity index (χ2n) is 8.82. The molecule has 3 aromatic carbocycles. The Morgan fingerprint density at radius 2 is 1.80 bits per heavy atom. The highest BCUT2D eigenvalue weighted by Crippen LogP contribution is 2.31. The molecule has 0 heterocycles. The van der Waals surface area contributed by atoms with Gasteiger partial charge in [0.2, 0.25) is 0 Å². The van der Waals surface area contributed by atoms with E-state index >= 15 is 0 Å². The van der Waals surface area contributed by atoms with Crippen molar-refractivity contribution in [1.29, 1.82) is 0 Å². The molecule has 0 saturated carbocycles. The lowest BCUT2D eigenvalue weighted by molar-refractivity contribution is 0.449. The first-order valence-corrected chi connectivity index (χ1v) is 13.1. The largest absolute Gasteiger partial charge is 0.508 e. The number of amidine groups is 1. The van der Waals surface area contributed by atoms with E-state index in [2.05, 4.69) is 61.2 Å². The van der Waals surface area contributed by atoms with Crippen LogP contribution in [0.3, 0.4) is 0 Å². The predicted octanol–water partition coefficient (Wildman–Crippen LogP) is 8.81. The van der Waals surface area contributed by atoms with Gasteiger partial charge in [-0.1, -0.05) is 89.9 Å². The Morgan fingerprint density at radius 3 is 2.49 bits per heavy atom. The van der Waals surface area contributed by atoms with Crippen LogP contribution in [-0.2, 0) is 6.54 Å². The third kappa shape index (κ3) is 7.66. The minimum atomic E-state index is 0.250. The number of aliphatic imine (C=N–C) groups is 1. The summed E-state index contributed by atoms with van der Waals surface area (Å²) in [5, 5.41) is 12.0. The molecule has 4 rings (SSSR count). The van der Waals surface area contributed by atoms with E-state index in [0.717, 1.165) is 22.0 Å². The van der Waals surface area contributed by atoms with Crippen LogP contribution in [0.15, 0.2) is 100 Å². The van der Waals surface area contributed by atoms with Crippen molar-refractivity contribution in [3.8, 4) is 5.75 Å². The molecular weight excluding hydrogens is 495 g/mol. The SMILES string of the molecule is Cc1cccc(SC(=Nc2cc(Cl)cc(Cl)c2)N(CC2=CCC(C)C=C2)Cc2cccc(O)c2)c1. The molecule has 3 aromatic rings. The molecule has 0 amide bonds. The van der Waals surface area contributed by atoms with E-state index in [4.69, 9.17) is 28.2 Å². The van der Waals surface area contributed by atoms with E-state index in [1.54, 1.807) is 30.0 Å². The molecular formula is C29H28Cl2N2OS. The third-order valence-corrected chi connectivity index (χ3v) is 7.05. The van der Waals surface area contributed by atoms with Gasteiger partial charge in [0.25, 0.3) is 0 Å². The fourth-order valence-corrected chi connectivity index (χ4v) is 5.36. The molecule has 1 aliphatic rings. The van der Waals surface area contributed by atoms with Crippen molar-refractivity contribution >= 4 is 45.8 Å². The van der Waals surface area contributed by atoms with Gasteiger partial charge in [0.05, 0.1) is 5.69 Å². The number of phenols is 1. The summed E-state index contributed by atoms with van der Waals surface area (Å²) in [6.07, 6.45) is 7.77. The van der Waals surface area contributed by atoms with Crippen molar-refractivity contribution in [2.75, 3.05) is 6.54 Å². The van der Waals surface area contributed by atoms with Crippen molar-refractivity contribution < 1.29 is 5.11 Å². The molecule has 0 aliphatic heterocycles. The summed E-state index contributed by atoms with van der Waals surface area (Å²) in [5.41, 5.74) is 4.12. The molecule has 1 aliphatic carbocycles. The quantitative estimate of drug-likeness (QED) is 0.199. The number of nitrogens with zero attached hydrogens (tertiary/aromatic N) is 2. The highest BCUT2D eigenvalue weighted by molar-refractivity contribution is 8.13. The van der Waals surface area contributed by atoms with E-state index in [1.165, 1.54) is 11.1 Å². The van der Waals surface area contributed by atoms with Crippen molar-refractivity contribution in [2.45, 2.75) is 31.7 Å². The van der Waals surface area contributed by atoms with Crippen LogP contribution in [0.2, 0.25) is 10.0 Å². The summed E-state index contributed by atoms with van der Waals surface area (Å²) in [5.74, 6) is 0.793. The Kier molecular flexibility index (Phi) is 8.61. The first-order valence-electron chi connectivity index (χ1n) is 11.5. The minimum absolute atomic E-state index is 0.250. The number of aromatic hydroxyl groups is 1. The van der Waals surface area contributed by atoms with Crippen LogP contribution >= 0.6 is 35.0 Å². The lowest BCUT2D eigenvalue weighted by Crippen LogP contribution is -2.30. The summed E-state index contributed by atoms with van der Waals surface area (Å²) in [4.78, 5) is 8.36. The maximum atomic E-state index is 10.1. The Bertz CT molecular complexity index is 1260. The average molecular weight is 524 g/mol. The van der Waals surface area contributed by atoms with Gasteiger partial charge < -0.3 is 10.0 Å². The van der Waals surface area contributed by atoms with Crippen LogP contribution in [-0.4, -0.2) is 21.7 Å². The molecule has 0 radical (unpaired) electrons. The Balaban J connectivity index is 1.76. The number of phenolic OH excluding ortho intramolecular Hbond substituents is 1. The molecule has 1 N–H and O–H groups in total. The zero-order chi connectivity index (χ0) is 24.8. The number of rotatable bonds is 6. The predicted molar refractivity (Wildman–Crippen MR) is 150 cm³/mol. The summed E-state index contributed by atoms with van der Waals surface area (Å²) >= 11 is 14.2. The van der Waals surface area contributed by atoms with Gasteiger partial charge in [-0.3, -0.25) is 0 Å². The average Bonchev–Trinajstić information content (AvgIpc) is 2.79. The van der Waals surface area contributed by atoms with Gasteiger partial charge in [-0.15, -0.1) is 0 Å². The van der Waals surface area contributed by atoms with Gasteiger partial charge in [0.1, 0.15) is 5.75 Å². The number of benzene rings is 3. The van der Waals surface area contributed by atoms with E-state index in [1.807, 2.05) is 24.3 Å². The molecule has 0 saturated heterocycles. The second kappa shape index (κ2) is 11.9. The number of hydrogen-bond donors (Lipinski definition) is 1. The smallest absolute Gasteiger partial charge is 0.169 e. The van der Waals surface area contributed by atoms with Crippen molar-refractivity contribution in [3.05, 3.63) is 112 Å². The first kappa shape index (κ1) is 25.4. The van der Waals surface area contributed by atoms with Gasteiger partial charge in [-0.2, -0.15) is 0 Å². The van der Waals surface area contributed by atoms with Gasteiger partial charge in [-0.25, -0.2) is 4.99 Å². The lowest BCUT2D eigenvalue weighted by atomic mass is 9.98. The molecule has 6 heteroatoms. The fourth-order valence-electron chi connectivity index (χ4n) is 3.83. The van der Waals surface area contributed by atoms with Crippen LogP contribution < -0.4 is 0 Å². The lowest BCUT2D eigenvalue weighted by Gasteiger charge is -2.28. The van der Waals surface area contributed by atoms with E-state index in [0.29, 0.717) is 34.7 Å². The molecule has 35 heavy (non-hydrogen) atoms. The normalized spacial score (nSPS) is 15.7. The molecule has 1 atom stereocenters. The topological polar surface area (TPSA) is 35.8 Å². The van der Waals surface area contributed by atoms with Gasteiger partial charge >= 0.3 is 0 Å². The number of hydrogen-bond acceptors (Lipinski definition) is 3. The number of thioether (sulfide) groups is 1. The van der Waals surface area contributed by atoms with Crippen LogP contribution in [0.25, 0.3) is 0 Å². The van der Waals surface area contributed by atoms with Gasteiger partial charge in [-0.05, 0) is 72.9 Å². The Labute approximate surface area is 221 Å². The highest BCUT2D eigenvalue weighted by Gasteiger charge is 2.18. The fraction of sp³-hybridized carbons (Fsp3) is 0.207. The van der Waals surface area contributed by atoms with E-state index in [9.17, 15) is 5.11 Å². The number of allylic oxidation sites excluding steroid dienone is 2. The first-order chi connectivity index (χ1) is 16.8. The van der Waals surface area contributed by atoms with Crippen LogP contribution in [0.1, 0.15) is 24.5 Å². The molecule has 3 nitrogen and oxygen atoms in total. The summed E-state index contributed by atoms with van der Waals surface area (Å²) in [6, 6.07) is 21.1. The molecule has 1 unspecified atom stereocenters. The van der Waals surface area contributed by atoms with Gasteiger partial charge in [0.15, 0.2) is 5.17 Å². The monoisotopic (exact) mass is 522 g/mol. The van der Waals surface area contributed by atoms with Crippen LogP contribution in [0, 0.1) is 12.8 Å². The Hall–Kier alpha value is -2.66. The third-order valence-electron chi connectivity index (χ3n) is 5.59. The van der Waals surface area contributed by atoms with E-state index in [-0.39, 0.29) is 5.75 Å². The minimum Gasteiger partial charge on any atom is -0.508 e. The number of aryl methyl sites for hydroxylation is 1. The van der Waals surface area contributed by atoms with Crippen LogP contribution in [0.5, 0.6) is 5.75 Å². The zero-order valence-corrected chi connectivity index (χ0v) is 22.1. The second-order valence-corrected chi connectivity index (χ2v) is 10.7. The summed E-state index contributed by atoms with van der Waals surface area (Å²) < 4.78 is 0.